The van der Waals surface area contributed by atoms with E-state index >= 15 is 0 Å². The molecule has 0 amide bonds. The number of phenols is 2. The van der Waals surface area contributed by atoms with E-state index in [4.69, 9.17) is 4.43 Å². The van der Waals surface area contributed by atoms with Crippen LogP contribution in [0.5, 0.6) is 11.5 Å². The molecule has 3 nitrogen and oxygen atoms in total. The van der Waals surface area contributed by atoms with Crippen LogP contribution in [0.25, 0.3) is 0 Å². The van der Waals surface area contributed by atoms with Gasteiger partial charge < -0.3 is 14.6 Å². The van der Waals surface area contributed by atoms with Gasteiger partial charge in [0.1, 0.15) is 11.5 Å². The van der Waals surface area contributed by atoms with Crippen molar-refractivity contribution in [3.05, 3.63) is 59.7 Å². The summed E-state index contributed by atoms with van der Waals surface area (Å²) < 4.78 is 6.72. The van der Waals surface area contributed by atoms with Crippen molar-refractivity contribution in [1.29, 1.82) is 0 Å². The summed E-state index contributed by atoms with van der Waals surface area (Å²) >= 11 is 2.06. The first-order valence-electron chi connectivity index (χ1n) is 11.9. The molecule has 2 aromatic carbocycles. The van der Waals surface area contributed by atoms with Gasteiger partial charge in [0.25, 0.3) is 0 Å². The van der Waals surface area contributed by atoms with Gasteiger partial charge in [0.05, 0.1) is 8.07 Å². The minimum atomic E-state index is -1.89. The molecule has 2 rings (SSSR count). The maximum atomic E-state index is 9.49. The number of hydrogen-bond donors (Lipinski definition) is 2. The molecule has 0 aromatic heterocycles. The van der Waals surface area contributed by atoms with E-state index < -0.39 is 16.4 Å². The molecule has 2 N–H and O–H groups in total. The second kappa shape index (κ2) is 16.5. The Hall–Kier alpha value is -1.11. The summed E-state index contributed by atoms with van der Waals surface area (Å²) in [6, 6.07) is 18.2. The summed E-state index contributed by atoms with van der Waals surface area (Å²) in [5, 5.41) is 22.2. The van der Waals surface area contributed by atoms with Crippen LogP contribution in [0.2, 0.25) is 32.2 Å². The van der Waals surface area contributed by atoms with Gasteiger partial charge in [0.2, 0.25) is 0 Å². The summed E-state index contributed by atoms with van der Waals surface area (Å²) in [6.07, 6.45) is 0. The van der Waals surface area contributed by atoms with Crippen molar-refractivity contribution in [2.75, 3.05) is 0 Å². The van der Waals surface area contributed by atoms with Crippen LogP contribution < -0.4 is 0 Å². The summed E-state index contributed by atoms with van der Waals surface area (Å²) in [7, 11) is -3.40. The molecular weight excluding hydrogens is 479 g/mol. The van der Waals surface area contributed by atoms with Crippen LogP contribution in [-0.4, -0.2) is 37.4 Å². The Bertz CT molecular complexity index is 694. The van der Waals surface area contributed by atoms with E-state index in [0.29, 0.717) is 11.5 Å². The molecule has 0 aliphatic rings. The summed E-state index contributed by atoms with van der Waals surface area (Å²) in [4.78, 5) is 0. The van der Waals surface area contributed by atoms with E-state index in [1.165, 1.54) is 11.1 Å². The van der Waals surface area contributed by atoms with Crippen molar-refractivity contribution < 1.29 is 31.6 Å². The van der Waals surface area contributed by atoms with Crippen LogP contribution in [0.4, 0.5) is 0 Å². The van der Waals surface area contributed by atoms with Gasteiger partial charge in [-0.2, -0.15) is 0 Å². The Morgan fingerprint density at radius 3 is 1.42 bits per heavy atom. The van der Waals surface area contributed by atoms with Gasteiger partial charge in [-0.15, -0.1) is 0 Å². The van der Waals surface area contributed by atoms with Gasteiger partial charge in [-0.05, 0) is 74.9 Å². The summed E-state index contributed by atoms with van der Waals surface area (Å²) in [5.74, 6) is 0.630. The van der Waals surface area contributed by atoms with Crippen LogP contribution >= 0.6 is 0 Å². The molecule has 0 unspecified atom stereocenters. The van der Waals surface area contributed by atoms with Crippen LogP contribution in [0, 0.1) is 0 Å². The second-order valence-electron chi connectivity index (χ2n) is 9.65. The topological polar surface area (TPSA) is 49.7 Å². The zero-order chi connectivity index (χ0) is 26.3. The van der Waals surface area contributed by atoms with E-state index in [0.717, 1.165) is 18.1 Å². The van der Waals surface area contributed by atoms with Crippen LogP contribution in [0.3, 0.4) is 0 Å². The third-order valence-corrected chi connectivity index (χ3v) is 10.2. The average Bonchev–Trinajstić information content (AvgIpc) is 2.74. The standard InChI is InChI=1S/C22H34O3Si2.2C2H6.CH2.V/c1-22(2,17-26(3,4)15-18-7-11-20(23)12-8-18)25-27(5,6)16-19-9-13-21(24)14-10-19;2*1-2;;/h7-14,23-24H,15-17H2,1-6H3;2*1-2H3;1H2;. The molecule has 0 aliphatic carbocycles. The molecule has 0 bridgehead atoms. The van der Waals surface area contributed by atoms with Gasteiger partial charge in [-0.25, -0.2) is 0 Å². The van der Waals surface area contributed by atoms with Gasteiger partial charge in [0, 0.05) is 5.60 Å². The van der Waals surface area contributed by atoms with E-state index in [1.807, 2.05) is 52.0 Å². The van der Waals surface area contributed by atoms with Gasteiger partial charge in [-0.1, -0.05) is 70.6 Å². The van der Waals surface area contributed by atoms with E-state index in [1.54, 1.807) is 24.3 Å². The molecule has 0 heterocycles. The Balaban J connectivity index is 0. The molecule has 0 radical (unpaired) electrons. The molecule has 33 heavy (non-hydrogen) atoms. The first kappa shape index (κ1) is 34.1. The summed E-state index contributed by atoms with van der Waals surface area (Å²) in [5.41, 5.74) is 2.36. The Labute approximate surface area is 215 Å². The molecule has 6 heteroatoms. The normalized spacial score (nSPS) is 11.1. The number of phenolic OH excluding ortho intramolecular Hbond substituents is 2. The molecule has 0 fully saturated rings. The van der Waals surface area contributed by atoms with Gasteiger partial charge >= 0.3 is 22.2 Å². The monoisotopic (exact) mass is 527 g/mol. The number of aromatic hydroxyl groups is 2. The van der Waals surface area contributed by atoms with Crippen molar-refractivity contribution in [2.24, 2.45) is 0 Å². The fourth-order valence-electron chi connectivity index (χ4n) is 4.31. The second-order valence-corrected chi connectivity index (χ2v) is 18.8. The van der Waals surface area contributed by atoms with Crippen molar-refractivity contribution in [3.63, 3.8) is 0 Å². The van der Waals surface area contributed by atoms with Crippen LogP contribution in [0.15, 0.2) is 48.5 Å². The van der Waals surface area contributed by atoms with E-state index in [2.05, 4.69) is 62.2 Å². The minimum absolute atomic E-state index is 0.153. The quantitative estimate of drug-likeness (QED) is 0.346. The zero-order valence-corrected chi connectivity index (χ0v) is 26.1. The predicted molar refractivity (Wildman–Crippen MR) is 148 cm³/mol. The molecule has 2 aromatic rings. The Kier molecular flexibility index (Phi) is 17.0. The van der Waals surface area contributed by atoms with E-state index in [9.17, 15) is 10.2 Å². The third-order valence-electron chi connectivity index (χ3n) is 4.64. The van der Waals surface area contributed by atoms with Gasteiger partial charge in [-0.3, -0.25) is 0 Å². The molecular formula is C27H48O3Si2V. The Morgan fingerprint density at radius 1 is 0.727 bits per heavy atom. The first-order chi connectivity index (χ1) is 15.4. The first-order valence-corrected chi connectivity index (χ1v) is 19.5. The molecule has 0 spiro atoms. The molecule has 0 saturated carbocycles. The van der Waals surface area contributed by atoms with Gasteiger partial charge in [0.15, 0.2) is 8.32 Å². The molecule has 0 saturated heterocycles. The maximum absolute atomic E-state index is 9.49. The third kappa shape index (κ3) is 15.4. The number of hydrogen-bond acceptors (Lipinski definition) is 3. The van der Waals surface area contributed by atoms with Crippen LogP contribution in [0.1, 0.15) is 52.7 Å². The fraction of sp³-hybridized carbons (Fsp3) is 0.519. The predicted octanol–water partition coefficient (Wildman–Crippen LogP) is 7.69. The Morgan fingerprint density at radius 2 is 1.06 bits per heavy atom. The zero-order valence-electron chi connectivity index (χ0n) is 22.7. The number of benzene rings is 2. The van der Waals surface area contributed by atoms with Crippen molar-refractivity contribution >= 4 is 21.6 Å². The van der Waals surface area contributed by atoms with E-state index in [-0.39, 0.29) is 5.60 Å². The molecule has 187 valence electrons. The fourth-order valence-corrected chi connectivity index (χ4v) is 11.2. The molecule has 0 aliphatic heterocycles. The number of rotatable bonds is 8. The molecule has 0 atom stereocenters. The van der Waals surface area contributed by atoms with Crippen molar-refractivity contribution in [1.82, 2.24) is 0 Å². The SMILES string of the molecule is CC.CC.CC(C)(C[Si](C)(C)Cc1ccc(O)cc1)O[Si](C)(C)Cc1ccc(O)cc1.[CH2]=[V]. The summed E-state index contributed by atoms with van der Waals surface area (Å²) in [6.45, 7) is 21.8. The van der Waals surface area contributed by atoms with Crippen molar-refractivity contribution in [2.45, 2.75) is 91.5 Å². The van der Waals surface area contributed by atoms with Crippen LogP contribution in [-0.2, 0) is 33.5 Å². The average molecular weight is 528 g/mol. The van der Waals surface area contributed by atoms with Crippen molar-refractivity contribution in [3.8, 4) is 11.5 Å².